The van der Waals surface area contributed by atoms with Gasteiger partial charge in [0.05, 0.1) is 12.7 Å². The molecule has 1 amide bonds. The van der Waals surface area contributed by atoms with E-state index in [1.807, 2.05) is 12.1 Å². The first kappa shape index (κ1) is 17.0. The summed E-state index contributed by atoms with van der Waals surface area (Å²) < 4.78 is 5.77. The van der Waals surface area contributed by atoms with Gasteiger partial charge >= 0.3 is 5.97 Å². The van der Waals surface area contributed by atoms with Crippen LogP contribution in [0.2, 0.25) is 0 Å². The van der Waals surface area contributed by atoms with Gasteiger partial charge in [0, 0.05) is 14.0 Å². The van der Waals surface area contributed by atoms with Crippen LogP contribution in [0.15, 0.2) is 30.3 Å². The van der Waals surface area contributed by atoms with Crippen molar-refractivity contribution >= 4 is 50.8 Å². The normalized spacial score (nSPS) is 10.3. The van der Waals surface area contributed by atoms with Crippen LogP contribution in [-0.2, 0) is 11.2 Å². The van der Waals surface area contributed by atoms with Crippen molar-refractivity contribution in [1.29, 1.82) is 0 Å². The molecule has 0 saturated heterocycles. The maximum atomic E-state index is 12.3. The summed E-state index contributed by atoms with van der Waals surface area (Å²) in [5.74, 6) is -0.662. The van der Waals surface area contributed by atoms with Gasteiger partial charge in [0.15, 0.2) is 0 Å². The highest BCUT2D eigenvalue weighted by Crippen LogP contribution is 2.30. The molecule has 1 N–H and O–H groups in total. The molecule has 0 aliphatic heterocycles. The molecule has 1 aromatic heterocycles. The third kappa shape index (κ3) is 4.07. The molecule has 0 saturated carbocycles. The van der Waals surface area contributed by atoms with Crippen LogP contribution >= 0.6 is 33.9 Å². The fraction of sp³-hybridized carbons (Fsp3) is 0.250. The van der Waals surface area contributed by atoms with E-state index < -0.39 is 5.97 Å². The molecule has 0 unspecified atom stereocenters. The van der Waals surface area contributed by atoms with Gasteiger partial charge < -0.3 is 10.1 Å². The van der Waals surface area contributed by atoms with E-state index in [1.165, 1.54) is 18.4 Å². The van der Waals surface area contributed by atoms with Crippen molar-refractivity contribution in [3.8, 4) is 0 Å². The Morgan fingerprint density at radius 1 is 1.32 bits per heavy atom. The third-order valence-electron chi connectivity index (χ3n) is 3.00. The third-order valence-corrected chi connectivity index (χ3v) is 4.78. The van der Waals surface area contributed by atoms with Gasteiger partial charge in [0.1, 0.15) is 5.00 Å². The number of aryl methyl sites for hydroxylation is 1. The van der Waals surface area contributed by atoms with Crippen LogP contribution < -0.4 is 5.32 Å². The standard InChI is InChI=1S/C16H16INO3S/c1-3-5-12-9-13(16(20)21-2)15(22-12)18-14(19)10-6-4-7-11(17)8-10/h4,6-9H,3,5H2,1-2H3,(H,18,19). The summed E-state index contributed by atoms with van der Waals surface area (Å²) in [4.78, 5) is 25.2. The summed E-state index contributed by atoms with van der Waals surface area (Å²) in [6.07, 6.45) is 1.85. The van der Waals surface area contributed by atoms with Crippen molar-refractivity contribution in [3.05, 3.63) is 49.9 Å². The average Bonchev–Trinajstić information content (AvgIpc) is 2.89. The van der Waals surface area contributed by atoms with Crippen LogP contribution in [0.25, 0.3) is 0 Å². The fourth-order valence-electron chi connectivity index (χ4n) is 1.97. The van der Waals surface area contributed by atoms with Crippen LogP contribution in [0.5, 0.6) is 0 Å². The first-order valence-electron chi connectivity index (χ1n) is 6.83. The number of amides is 1. The molecule has 0 aliphatic carbocycles. The Labute approximate surface area is 147 Å². The van der Waals surface area contributed by atoms with Crippen LogP contribution in [-0.4, -0.2) is 19.0 Å². The molecular formula is C16H16INO3S. The largest absolute Gasteiger partial charge is 0.465 e. The number of hydrogen-bond donors (Lipinski definition) is 1. The predicted molar refractivity (Wildman–Crippen MR) is 96.8 cm³/mol. The van der Waals surface area contributed by atoms with E-state index in [0.29, 0.717) is 16.1 Å². The Bertz CT molecular complexity index is 696. The van der Waals surface area contributed by atoms with Crippen molar-refractivity contribution in [2.45, 2.75) is 19.8 Å². The van der Waals surface area contributed by atoms with E-state index in [0.717, 1.165) is 21.3 Å². The maximum absolute atomic E-state index is 12.3. The zero-order valence-corrected chi connectivity index (χ0v) is 15.3. The molecule has 1 aromatic carbocycles. The number of methoxy groups -OCH3 is 1. The summed E-state index contributed by atoms with van der Waals surface area (Å²) in [5, 5.41) is 3.36. The SMILES string of the molecule is CCCc1cc(C(=O)OC)c(NC(=O)c2cccc(I)c2)s1. The number of carbonyl (C=O) groups excluding carboxylic acids is 2. The summed E-state index contributed by atoms with van der Waals surface area (Å²) in [6, 6.07) is 9.09. The second-order valence-corrected chi connectivity index (χ2v) is 7.04. The Morgan fingerprint density at radius 3 is 2.73 bits per heavy atom. The number of hydrogen-bond acceptors (Lipinski definition) is 4. The molecule has 0 aliphatic rings. The number of rotatable bonds is 5. The van der Waals surface area contributed by atoms with Gasteiger partial charge in [0.25, 0.3) is 5.91 Å². The minimum Gasteiger partial charge on any atom is -0.465 e. The molecule has 6 heteroatoms. The summed E-state index contributed by atoms with van der Waals surface area (Å²) >= 11 is 3.58. The molecule has 2 rings (SSSR count). The predicted octanol–water partition coefficient (Wildman–Crippen LogP) is 4.34. The molecule has 2 aromatic rings. The minimum atomic E-state index is -0.434. The average molecular weight is 429 g/mol. The van der Waals surface area contributed by atoms with Crippen molar-refractivity contribution in [2.75, 3.05) is 12.4 Å². The maximum Gasteiger partial charge on any atom is 0.340 e. The van der Waals surface area contributed by atoms with Gasteiger partial charge in [-0.05, 0) is 53.3 Å². The van der Waals surface area contributed by atoms with E-state index in [4.69, 9.17) is 4.74 Å². The molecular weight excluding hydrogens is 413 g/mol. The van der Waals surface area contributed by atoms with E-state index in [-0.39, 0.29) is 5.91 Å². The molecule has 0 spiro atoms. The molecule has 4 nitrogen and oxygen atoms in total. The van der Waals surface area contributed by atoms with Crippen LogP contribution in [0.4, 0.5) is 5.00 Å². The summed E-state index contributed by atoms with van der Waals surface area (Å²) in [7, 11) is 1.34. The Morgan fingerprint density at radius 2 is 2.09 bits per heavy atom. The summed E-state index contributed by atoms with van der Waals surface area (Å²) in [6.45, 7) is 2.07. The number of anilines is 1. The number of thiophene rings is 1. The van der Waals surface area contributed by atoms with Gasteiger partial charge in [-0.1, -0.05) is 19.4 Å². The van der Waals surface area contributed by atoms with Gasteiger partial charge in [-0.3, -0.25) is 4.79 Å². The second kappa shape index (κ2) is 7.73. The molecule has 22 heavy (non-hydrogen) atoms. The number of esters is 1. The second-order valence-electron chi connectivity index (χ2n) is 4.66. The zero-order valence-electron chi connectivity index (χ0n) is 12.3. The minimum absolute atomic E-state index is 0.228. The van der Waals surface area contributed by atoms with E-state index in [1.54, 1.807) is 18.2 Å². The Balaban J connectivity index is 2.27. The number of nitrogens with one attached hydrogen (secondary N) is 1. The lowest BCUT2D eigenvalue weighted by Crippen LogP contribution is -2.13. The quantitative estimate of drug-likeness (QED) is 0.568. The molecule has 0 atom stereocenters. The van der Waals surface area contributed by atoms with Crippen LogP contribution in [0.3, 0.4) is 0 Å². The lowest BCUT2D eigenvalue weighted by atomic mass is 10.2. The monoisotopic (exact) mass is 429 g/mol. The molecule has 1 heterocycles. The molecule has 0 radical (unpaired) electrons. The summed E-state index contributed by atoms with van der Waals surface area (Å²) in [5.41, 5.74) is 0.975. The Hall–Kier alpha value is -1.41. The van der Waals surface area contributed by atoms with Gasteiger partial charge in [-0.25, -0.2) is 4.79 Å². The zero-order chi connectivity index (χ0) is 16.1. The number of carbonyl (C=O) groups is 2. The van der Waals surface area contributed by atoms with E-state index in [9.17, 15) is 9.59 Å². The number of halogens is 1. The number of ether oxygens (including phenoxy) is 1. The van der Waals surface area contributed by atoms with Crippen LogP contribution in [0.1, 0.15) is 38.9 Å². The molecule has 0 bridgehead atoms. The highest BCUT2D eigenvalue weighted by atomic mass is 127. The fourth-order valence-corrected chi connectivity index (χ4v) is 3.66. The highest BCUT2D eigenvalue weighted by Gasteiger charge is 2.19. The first-order chi connectivity index (χ1) is 10.5. The topological polar surface area (TPSA) is 55.4 Å². The van der Waals surface area contributed by atoms with Gasteiger partial charge in [0.2, 0.25) is 0 Å². The van der Waals surface area contributed by atoms with Crippen molar-refractivity contribution < 1.29 is 14.3 Å². The van der Waals surface area contributed by atoms with Crippen molar-refractivity contribution in [1.82, 2.24) is 0 Å². The molecule has 0 fully saturated rings. The Kier molecular flexibility index (Phi) is 5.96. The lowest BCUT2D eigenvalue weighted by molar-refractivity contribution is 0.0602. The van der Waals surface area contributed by atoms with Gasteiger partial charge in [-0.2, -0.15) is 0 Å². The van der Waals surface area contributed by atoms with Crippen LogP contribution in [0, 0.1) is 3.57 Å². The van der Waals surface area contributed by atoms with Crippen molar-refractivity contribution in [3.63, 3.8) is 0 Å². The van der Waals surface area contributed by atoms with Crippen molar-refractivity contribution in [2.24, 2.45) is 0 Å². The lowest BCUT2D eigenvalue weighted by Gasteiger charge is -2.05. The first-order valence-corrected chi connectivity index (χ1v) is 8.72. The van der Waals surface area contributed by atoms with E-state index in [2.05, 4.69) is 34.8 Å². The van der Waals surface area contributed by atoms with Gasteiger partial charge in [-0.15, -0.1) is 11.3 Å². The smallest absolute Gasteiger partial charge is 0.340 e. The highest BCUT2D eigenvalue weighted by molar-refractivity contribution is 14.1. The van der Waals surface area contributed by atoms with E-state index >= 15 is 0 Å². The molecule has 116 valence electrons. The number of benzene rings is 1.